The molecule has 0 aromatic heterocycles. The van der Waals surface area contributed by atoms with Gasteiger partial charge in [0.2, 0.25) is 0 Å². The second kappa shape index (κ2) is 5.37. The van der Waals surface area contributed by atoms with E-state index in [0.717, 1.165) is 5.56 Å². The van der Waals surface area contributed by atoms with E-state index in [4.69, 9.17) is 9.84 Å². The lowest BCUT2D eigenvalue weighted by atomic mass is 10.1. The van der Waals surface area contributed by atoms with Crippen LogP contribution in [0.15, 0.2) is 41.5 Å². The molecule has 0 spiro atoms. The van der Waals surface area contributed by atoms with Crippen molar-refractivity contribution in [1.29, 1.82) is 0 Å². The number of ketones is 1. The predicted octanol–water partition coefficient (Wildman–Crippen LogP) is 1.01. The highest BCUT2D eigenvalue weighted by atomic mass is 16.5. The van der Waals surface area contributed by atoms with Crippen molar-refractivity contribution in [3.63, 3.8) is 0 Å². The van der Waals surface area contributed by atoms with Gasteiger partial charge in [-0.15, -0.1) is 0 Å². The summed E-state index contributed by atoms with van der Waals surface area (Å²) >= 11 is 0. The molecule has 0 saturated carbocycles. The van der Waals surface area contributed by atoms with E-state index in [-0.39, 0.29) is 23.9 Å². The monoisotopic (exact) mass is 245 g/mol. The summed E-state index contributed by atoms with van der Waals surface area (Å²) in [5, 5.41) is 9.13. The maximum atomic E-state index is 11.5. The molecule has 1 heterocycles. The Morgan fingerprint density at radius 2 is 2.06 bits per heavy atom. The number of phenolic OH excluding ortho intramolecular Hbond substituents is 1. The number of ether oxygens (including phenoxy) is 1. The van der Waals surface area contributed by atoms with Crippen molar-refractivity contribution in [1.82, 2.24) is 0 Å². The Bertz CT molecular complexity index is 516. The van der Waals surface area contributed by atoms with E-state index < -0.39 is 6.10 Å². The number of aldehydes is 1. The number of carbonyl (C=O) groups excluding carboxylic acids is 2. The van der Waals surface area contributed by atoms with E-state index >= 15 is 0 Å². The van der Waals surface area contributed by atoms with Crippen LogP contribution in [0.25, 0.3) is 0 Å². The molecule has 1 atom stereocenters. The van der Waals surface area contributed by atoms with Gasteiger partial charge in [-0.3, -0.25) is 14.6 Å². The Hall–Kier alpha value is -2.27. The molecule has 1 unspecified atom stereocenters. The average molecular weight is 245 g/mol. The third-order valence-electron chi connectivity index (χ3n) is 2.46. The van der Waals surface area contributed by atoms with E-state index in [2.05, 4.69) is 4.99 Å². The number of hydrogen-bond donors (Lipinski definition) is 1. The zero-order valence-corrected chi connectivity index (χ0v) is 9.45. The fraction of sp³-hybridized carbons (Fsp3) is 0.154. The average Bonchev–Trinajstić information content (AvgIpc) is 2.39. The lowest BCUT2D eigenvalue weighted by Crippen LogP contribution is -2.34. The van der Waals surface area contributed by atoms with Crippen LogP contribution in [0.2, 0.25) is 0 Å². The first-order valence-electron chi connectivity index (χ1n) is 5.33. The van der Waals surface area contributed by atoms with Crippen LogP contribution < -0.4 is 0 Å². The molecule has 0 bridgehead atoms. The SMILES string of the molecule is O=CC1=NC=CC(=O)C1OCc1ccc(O)cc1. The van der Waals surface area contributed by atoms with Crippen molar-refractivity contribution in [3.05, 3.63) is 42.1 Å². The van der Waals surface area contributed by atoms with Crippen molar-refractivity contribution in [3.8, 4) is 5.75 Å². The summed E-state index contributed by atoms with van der Waals surface area (Å²) < 4.78 is 5.38. The first-order valence-corrected chi connectivity index (χ1v) is 5.33. The molecule has 0 aliphatic carbocycles. The van der Waals surface area contributed by atoms with Gasteiger partial charge in [0.25, 0.3) is 0 Å². The molecule has 0 amide bonds. The fourth-order valence-electron chi connectivity index (χ4n) is 1.53. The summed E-state index contributed by atoms with van der Waals surface area (Å²) in [5.41, 5.74) is 0.863. The summed E-state index contributed by atoms with van der Waals surface area (Å²) in [6.45, 7) is 0.164. The first kappa shape index (κ1) is 12.2. The lowest BCUT2D eigenvalue weighted by molar-refractivity contribution is -0.123. The Kier molecular flexibility index (Phi) is 3.64. The first-order chi connectivity index (χ1) is 8.70. The Balaban J connectivity index is 2.03. The van der Waals surface area contributed by atoms with Gasteiger partial charge in [0.05, 0.1) is 6.61 Å². The van der Waals surface area contributed by atoms with Crippen molar-refractivity contribution >= 4 is 17.8 Å². The molecule has 2 rings (SSSR count). The molecule has 0 fully saturated rings. The number of aromatic hydroxyl groups is 1. The summed E-state index contributed by atoms with van der Waals surface area (Å²) in [7, 11) is 0. The van der Waals surface area contributed by atoms with Gasteiger partial charge in [0, 0.05) is 12.3 Å². The van der Waals surface area contributed by atoms with Crippen LogP contribution in [0.5, 0.6) is 5.75 Å². The number of hydrogen-bond acceptors (Lipinski definition) is 5. The van der Waals surface area contributed by atoms with E-state index in [1.54, 1.807) is 12.1 Å². The second-order valence-corrected chi connectivity index (χ2v) is 3.75. The van der Waals surface area contributed by atoms with Crippen molar-refractivity contribution < 1.29 is 19.4 Å². The van der Waals surface area contributed by atoms with Crippen LogP contribution in [0.3, 0.4) is 0 Å². The molecule has 92 valence electrons. The van der Waals surface area contributed by atoms with Crippen LogP contribution in [0, 0.1) is 0 Å². The standard InChI is InChI=1S/C13H11NO4/c15-7-11-13(12(17)5-6-14-11)18-8-9-1-3-10(16)4-2-9/h1-7,13,16H,8H2. The van der Waals surface area contributed by atoms with Crippen molar-refractivity contribution in [2.75, 3.05) is 0 Å². The third-order valence-corrected chi connectivity index (χ3v) is 2.46. The van der Waals surface area contributed by atoms with Gasteiger partial charge in [-0.1, -0.05) is 12.1 Å². The van der Waals surface area contributed by atoms with Gasteiger partial charge in [0.1, 0.15) is 11.5 Å². The molecule has 5 nitrogen and oxygen atoms in total. The lowest BCUT2D eigenvalue weighted by Gasteiger charge is -2.16. The van der Waals surface area contributed by atoms with Gasteiger partial charge in [-0.05, 0) is 17.7 Å². The summed E-state index contributed by atoms with van der Waals surface area (Å²) in [6.07, 6.45) is 2.13. The Morgan fingerprint density at radius 3 is 2.72 bits per heavy atom. The normalized spacial score (nSPS) is 18.6. The van der Waals surface area contributed by atoms with Crippen LogP contribution in [-0.4, -0.2) is 29.0 Å². The molecular formula is C13H11NO4. The minimum atomic E-state index is -0.943. The summed E-state index contributed by atoms with van der Waals surface area (Å²) in [4.78, 5) is 26.1. The molecule has 1 aromatic rings. The minimum Gasteiger partial charge on any atom is -0.508 e. The van der Waals surface area contributed by atoms with Gasteiger partial charge in [-0.25, -0.2) is 0 Å². The Morgan fingerprint density at radius 1 is 1.33 bits per heavy atom. The van der Waals surface area contributed by atoms with Crippen LogP contribution in [-0.2, 0) is 20.9 Å². The molecular weight excluding hydrogens is 234 g/mol. The molecule has 0 radical (unpaired) electrons. The number of benzene rings is 1. The maximum Gasteiger partial charge on any atom is 0.192 e. The van der Waals surface area contributed by atoms with Gasteiger partial charge in [0.15, 0.2) is 18.2 Å². The van der Waals surface area contributed by atoms with Gasteiger partial charge < -0.3 is 9.84 Å². The number of phenols is 1. The van der Waals surface area contributed by atoms with Crippen molar-refractivity contribution in [2.45, 2.75) is 12.7 Å². The van der Waals surface area contributed by atoms with Crippen LogP contribution in [0.4, 0.5) is 0 Å². The van der Waals surface area contributed by atoms with E-state index in [0.29, 0.717) is 6.29 Å². The zero-order chi connectivity index (χ0) is 13.0. The molecule has 1 aliphatic rings. The maximum absolute atomic E-state index is 11.5. The van der Waals surface area contributed by atoms with E-state index in [1.165, 1.54) is 24.4 Å². The fourth-order valence-corrected chi connectivity index (χ4v) is 1.53. The molecule has 18 heavy (non-hydrogen) atoms. The third kappa shape index (κ3) is 2.70. The summed E-state index contributed by atoms with van der Waals surface area (Å²) in [5.74, 6) is -0.142. The largest absolute Gasteiger partial charge is 0.508 e. The number of carbonyl (C=O) groups is 2. The van der Waals surface area contributed by atoms with Gasteiger partial charge >= 0.3 is 0 Å². The van der Waals surface area contributed by atoms with Gasteiger partial charge in [-0.2, -0.15) is 0 Å². The quantitative estimate of drug-likeness (QED) is 0.803. The minimum absolute atomic E-state index is 0.0706. The van der Waals surface area contributed by atoms with E-state index in [1.807, 2.05) is 0 Å². The van der Waals surface area contributed by atoms with Crippen molar-refractivity contribution in [2.24, 2.45) is 4.99 Å². The molecule has 1 N–H and O–H groups in total. The predicted molar refractivity (Wildman–Crippen MR) is 64.3 cm³/mol. The number of nitrogens with zero attached hydrogens (tertiary/aromatic N) is 1. The Labute approximate surface area is 103 Å². The van der Waals surface area contributed by atoms with E-state index in [9.17, 15) is 9.59 Å². The topological polar surface area (TPSA) is 76.0 Å². The highest BCUT2D eigenvalue weighted by molar-refractivity contribution is 6.37. The molecule has 1 aliphatic heterocycles. The highest BCUT2D eigenvalue weighted by Crippen LogP contribution is 2.13. The summed E-state index contributed by atoms with van der Waals surface area (Å²) in [6, 6.07) is 6.40. The number of aliphatic imine (C=N–C) groups is 1. The van der Waals surface area contributed by atoms with Crippen LogP contribution >= 0.6 is 0 Å². The molecule has 5 heteroatoms. The second-order valence-electron chi connectivity index (χ2n) is 3.75. The van der Waals surface area contributed by atoms with Crippen LogP contribution in [0.1, 0.15) is 5.56 Å². The molecule has 0 saturated heterocycles. The highest BCUT2D eigenvalue weighted by Gasteiger charge is 2.25. The molecule has 1 aromatic carbocycles. The number of rotatable bonds is 4. The zero-order valence-electron chi connectivity index (χ0n) is 9.45. The smallest absolute Gasteiger partial charge is 0.192 e.